The number of nitrogens with one attached hydrogen (secondary N) is 2. The second-order valence-electron chi connectivity index (χ2n) is 8.30. The topological polar surface area (TPSA) is 78.5 Å². The number of hydrogen-bond acceptors (Lipinski definition) is 4. The van der Waals surface area contributed by atoms with E-state index in [9.17, 15) is 13.2 Å². The molecule has 1 aliphatic carbocycles. The maximum atomic E-state index is 13.0. The van der Waals surface area contributed by atoms with E-state index in [1.54, 1.807) is 22.5 Å². The van der Waals surface area contributed by atoms with E-state index in [4.69, 9.17) is 0 Å². The van der Waals surface area contributed by atoms with Gasteiger partial charge in [0.2, 0.25) is 15.9 Å². The zero-order valence-electron chi connectivity index (χ0n) is 16.0. The van der Waals surface area contributed by atoms with Crippen LogP contribution in [-0.2, 0) is 14.8 Å². The fourth-order valence-electron chi connectivity index (χ4n) is 4.63. The summed E-state index contributed by atoms with van der Waals surface area (Å²) in [6, 6.07) is 5.23. The van der Waals surface area contributed by atoms with E-state index < -0.39 is 10.0 Å². The minimum Gasteiger partial charge on any atom is -0.326 e. The fraction of sp³-hybridized carbons (Fsp3) is 0.650. The molecule has 1 amide bonds. The van der Waals surface area contributed by atoms with Gasteiger partial charge in [-0.05, 0) is 75.2 Å². The van der Waals surface area contributed by atoms with Gasteiger partial charge in [-0.15, -0.1) is 0 Å². The third-order valence-corrected chi connectivity index (χ3v) is 8.53. The molecule has 27 heavy (non-hydrogen) atoms. The van der Waals surface area contributed by atoms with Crippen LogP contribution in [0.25, 0.3) is 0 Å². The number of sulfonamides is 1. The van der Waals surface area contributed by atoms with Gasteiger partial charge >= 0.3 is 0 Å². The Morgan fingerprint density at radius 1 is 1.19 bits per heavy atom. The summed E-state index contributed by atoms with van der Waals surface area (Å²) in [6.07, 6.45) is 5.95. The van der Waals surface area contributed by atoms with Gasteiger partial charge in [0.1, 0.15) is 0 Å². The van der Waals surface area contributed by atoms with Crippen molar-refractivity contribution in [2.75, 3.05) is 31.5 Å². The highest BCUT2D eigenvalue weighted by Crippen LogP contribution is 2.58. The van der Waals surface area contributed by atoms with Gasteiger partial charge in [-0.25, -0.2) is 8.42 Å². The Hall–Kier alpha value is -1.44. The maximum Gasteiger partial charge on any atom is 0.243 e. The molecule has 1 atom stereocenters. The van der Waals surface area contributed by atoms with Crippen molar-refractivity contribution in [3.05, 3.63) is 23.8 Å². The van der Waals surface area contributed by atoms with Crippen molar-refractivity contribution in [3.63, 3.8) is 0 Å². The molecule has 1 saturated carbocycles. The van der Waals surface area contributed by atoms with E-state index in [1.807, 2.05) is 6.92 Å². The molecule has 2 heterocycles. The summed E-state index contributed by atoms with van der Waals surface area (Å²) in [4.78, 5) is 13.0. The molecule has 6 nitrogen and oxygen atoms in total. The quantitative estimate of drug-likeness (QED) is 0.827. The maximum absolute atomic E-state index is 13.0. The lowest BCUT2D eigenvalue weighted by atomic mass is 9.92. The number of piperidine rings is 2. The largest absolute Gasteiger partial charge is 0.326 e. The van der Waals surface area contributed by atoms with Crippen molar-refractivity contribution < 1.29 is 13.2 Å². The van der Waals surface area contributed by atoms with Crippen LogP contribution >= 0.6 is 0 Å². The van der Waals surface area contributed by atoms with Crippen LogP contribution in [0.1, 0.15) is 44.1 Å². The van der Waals surface area contributed by atoms with Crippen LogP contribution in [0.4, 0.5) is 5.69 Å². The summed E-state index contributed by atoms with van der Waals surface area (Å²) < 4.78 is 27.7. The first kappa shape index (κ1) is 18.9. The molecule has 1 unspecified atom stereocenters. The van der Waals surface area contributed by atoms with Gasteiger partial charge in [0.25, 0.3) is 0 Å². The molecule has 2 aliphatic heterocycles. The average Bonchev–Trinajstić information content (AvgIpc) is 3.37. The Morgan fingerprint density at radius 2 is 1.89 bits per heavy atom. The predicted molar refractivity (Wildman–Crippen MR) is 105 cm³/mol. The van der Waals surface area contributed by atoms with Gasteiger partial charge in [0.05, 0.1) is 4.90 Å². The van der Waals surface area contributed by atoms with Crippen molar-refractivity contribution in [3.8, 4) is 0 Å². The Bertz CT molecular complexity index is 825. The van der Waals surface area contributed by atoms with E-state index in [1.165, 1.54) is 0 Å². The molecule has 1 spiro atoms. The molecule has 1 aromatic carbocycles. The number of benzene rings is 1. The second-order valence-corrected chi connectivity index (χ2v) is 10.2. The number of carbonyl (C=O) groups is 1. The van der Waals surface area contributed by atoms with Crippen LogP contribution in [0.15, 0.2) is 23.1 Å². The highest BCUT2D eigenvalue weighted by molar-refractivity contribution is 7.89. The van der Waals surface area contributed by atoms with Gasteiger partial charge in [-0.3, -0.25) is 4.79 Å². The van der Waals surface area contributed by atoms with Gasteiger partial charge < -0.3 is 10.6 Å². The highest BCUT2D eigenvalue weighted by atomic mass is 32.2. The number of amides is 1. The average molecular weight is 392 g/mol. The van der Waals surface area contributed by atoms with Crippen molar-refractivity contribution in [1.82, 2.24) is 9.62 Å². The summed E-state index contributed by atoms with van der Waals surface area (Å²) >= 11 is 0. The number of carbonyl (C=O) groups excluding carboxylic acids is 1. The zero-order valence-corrected chi connectivity index (χ0v) is 16.8. The van der Waals surface area contributed by atoms with E-state index in [0.717, 1.165) is 57.2 Å². The lowest BCUT2D eigenvalue weighted by Gasteiger charge is -2.26. The lowest BCUT2D eigenvalue weighted by molar-refractivity contribution is -0.118. The molecular weight excluding hydrogens is 362 g/mol. The van der Waals surface area contributed by atoms with Gasteiger partial charge in [0, 0.05) is 24.7 Å². The first-order chi connectivity index (χ1) is 12.9. The van der Waals surface area contributed by atoms with Crippen LogP contribution in [-0.4, -0.2) is 44.8 Å². The Balaban J connectivity index is 1.50. The molecule has 1 aromatic rings. The lowest BCUT2D eigenvalue weighted by Crippen LogP contribution is -2.36. The van der Waals surface area contributed by atoms with E-state index in [2.05, 4.69) is 10.6 Å². The summed E-state index contributed by atoms with van der Waals surface area (Å²) in [6.45, 7) is 4.93. The smallest absolute Gasteiger partial charge is 0.243 e. The third-order valence-electron chi connectivity index (χ3n) is 6.49. The van der Waals surface area contributed by atoms with Gasteiger partial charge in [0.15, 0.2) is 0 Å². The fourth-order valence-corrected chi connectivity index (χ4v) is 6.39. The van der Waals surface area contributed by atoms with E-state index >= 15 is 0 Å². The van der Waals surface area contributed by atoms with Crippen molar-refractivity contribution in [1.29, 1.82) is 0 Å². The van der Waals surface area contributed by atoms with Gasteiger partial charge in [-0.1, -0.05) is 12.5 Å². The molecule has 4 rings (SSSR count). The normalized spacial score (nSPS) is 25.3. The van der Waals surface area contributed by atoms with E-state index in [-0.39, 0.29) is 17.2 Å². The van der Waals surface area contributed by atoms with Crippen molar-refractivity contribution in [2.24, 2.45) is 11.3 Å². The monoisotopic (exact) mass is 391 g/mol. The molecule has 7 heteroatoms. The predicted octanol–water partition coefficient (Wildman–Crippen LogP) is 2.50. The van der Waals surface area contributed by atoms with Crippen molar-refractivity contribution in [2.45, 2.75) is 50.3 Å². The molecule has 2 saturated heterocycles. The van der Waals surface area contributed by atoms with Gasteiger partial charge in [-0.2, -0.15) is 4.31 Å². The Labute approximate surface area is 161 Å². The molecule has 3 fully saturated rings. The molecule has 148 valence electrons. The number of hydrogen-bond donors (Lipinski definition) is 2. The summed E-state index contributed by atoms with van der Waals surface area (Å²) in [7, 11) is -3.51. The Morgan fingerprint density at radius 3 is 2.59 bits per heavy atom. The van der Waals surface area contributed by atoms with Crippen LogP contribution in [0.2, 0.25) is 0 Å². The number of anilines is 1. The molecule has 0 aromatic heterocycles. The Kier molecular flexibility index (Phi) is 5.03. The summed E-state index contributed by atoms with van der Waals surface area (Å²) in [5.74, 6) is 0.0881. The first-order valence-corrected chi connectivity index (χ1v) is 11.5. The molecule has 0 radical (unpaired) electrons. The molecule has 2 N–H and O–H groups in total. The molecular formula is C20H29N3O3S. The van der Waals surface area contributed by atoms with E-state index in [0.29, 0.717) is 23.7 Å². The van der Waals surface area contributed by atoms with Crippen LogP contribution in [0, 0.1) is 18.3 Å². The van der Waals surface area contributed by atoms with Crippen LogP contribution < -0.4 is 10.6 Å². The molecule has 3 aliphatic rings. The highest BCUT2D eigenvalue weighted by Gasteiger charge is 2.57. The standard InChI is InChI=1S/C20H29N3O3S/c1-15-5-6-16(13-18(15)27(25,26)23-11-3-2-4-12-23)22-19(24)17-14-20(17)7-9-21-10-8-20/h5-6,13,17,21H,2-4,7-12,14H2,1H3,(H,22,24). The second kappa shape index (κ2) is 7.18. The molecule has 0 bridgehead atoms. The third kappa shape index (κ3) is 3.65. The summed E-state index contributed by atoms with van der Waals surface area (Å²) in [5.41, 5.74) is 1.47. The first-order valence-electron chi connectivity index (χ1n) is 10.0. The van der Waals surface area contributed by atoms with Crippen LogP contribution in [0.3, 0.4) is 0 Å². The summed E-state index contributed by atoms with van der Waals surface area (Å²) in [5, 5.41) is 6.32. The number of aryl methyl sites for hydroxylation is 1. The minimum absolute atomic E-state index is 0.0297. The van der Waals surface area contributed by atoms with Crippen LogP contribution in [0.5, 0.6) is 0 Å². The van der Waals surface area contributed by atoms with Crippen molar-refractivity contribution >= 4 is 21.6 Å². The SMILES string of the molecule is Cc1ccc(NC(=O)C2CC23CCNCC3)cc1S(=O)(=O)N1CCCCC1. The minimum atomic E-state index is -3.51. The zero-order chi connectivity index (χ0) is 19.1. The number of rotatable bonds is 4. The number of nitrogens with zero attached hydrogens (tertiary/aromatic N) is 1.